The van der Waals surface area contributed by atoms with E-state index in [1.807, 2.05) is 24.4 Å². The summed E-state index contributed by atoms with van der Waals surface area (Å²) >= 11 is 1.65. The molecule has 1 aromatic heterocycles. The predicted molar refractivity (Wildman–Crippen MR) is 80.3 cm³/mol. The molecule has 2 aromatic rings. The molecule has 0 bridgehead atoms. The summed E-state index contributed by atoms with van der Waals surface area (Å²) in [4.78, 5) is 13.1. The first-order valence-corrected chi connectivity index (χ1v) is 7.30. The van der Waals surface area contributed by atoms with Gasteiger partial charge in [0.2, 0.25) is 0 Å². The van der Waals surface area contributed by atoms with Crippen LogP contribution in [0, 0.1) is 0 Å². The lowest BCUT2D eigenvalue weighted by molar-refractivity contribution is 0.0509. The number of nitrogens with two attached hydrogens (primary N) is 1. The second-order valence-corrected chi connectivity index (χ2v) is 5.22. The van der Waals surface area contributed by atoms with Gasteiger partial charge in [0.25, 0.3) is 0 Å². The van der Waals surface area contributed by atoms with Crippen molar-refractivity contribution in [2.75, 3.05) is 18.9 Å². The maximum Gasteiger partial charge on any atom is 0.338 e. The number of ether oxygens (including phenoxy) is 2. The van der Waals surface area contributed by atoms with Crippen molar-refractivity contribution in [1.29, 1.82) is 0 Å². The van der Waals surface area contributed by atoms with Crippen LogP contribution in [0.5, 0.6) is 5.75 Å². The van der Waals surface area contributed by atoms with Gasteiger partial charge in [-0.1, -0.05) is 6.07 Å². The van der Waals surface area contributed by atoms with E-state index in [9.17, 15) is 4.79 Å². The maximum atomic E-state index is 12.0. The molecule has 0 radical (unpaired) electrons. The van der Waals surface area contributed by atoms with Crippen LogP contribution in [0.15, 0.2) is 35.7 Å². The van der Waals surface area contributed by atoms with E-state index in [2.05, 4.69) is 0 Å². The van der Waals surface area contributed by atoms with Gasteiger partial charge in [0.05, 0.1) is 18.8 Å². The zero-order chi connectivity index (χ0) is 14.4. The molecule has 2 rings (SSSR count). The Bertz CT molecular complexity index is 567. The van der Waals surface area contributed by atoms with Gasteiger partial charge in [-0.3, -0.25) is 0 Å². The lowest BCUT2D eigenvalue weighted by Gasteiger charge is -2.08. The van der Waals surface area contributed by atoms with Crippen molar-refractivity contribution in [2.45, 2.75) is 13.3 Å². The van der Waals surface area contributed by atoms with Crippen LogP contribution in [0.1, 0.15) is 22.2 Å². The summed E-state index contributed by atoms with van der Waals surface area (Å²) in [5.41, 5.74) is 6.65. The Labute approximate surface area is 122 Å². The molecule has 0 aliphatic rings. The molecule has 0 unspecified atom stereocenters. The van der Waals surface area contributed by atoms with Crippen molar-refractivity contribution >= 4 is 23.0 Å². The summed E-state index contributed by atoms with van der Waals surface area (Å²) in [6, 6.07) is 8.93. The number of thiophene rings is 1. The van der Waals surface area contributed by atoms with Crippen LogP contribution in [-0.4, -0.2) is 19.2 Å². The highest BCUT2D eigenvalue weighted by Gasteiger charge is 2.10. The second kappa shape index (κ2) is 6.96. The SMILES string of the molecule is CCOc1cc(N)cc(C(=O)OCCc2cccs2)c1. The fourth-order valence-corrected chi connectivity index (χ4v) is 2.46. The molecule has 0 saturated heterocycles. The standard InChI is InChI=1S/C15H17NO3S/c1-2-18-13-9-11(8-12(16)10-13)15(17)19-6-5-14-4-3-7-20-14/h3-4,7-10H,2,5-6,16H2,1H3. The van der Waals surface area contributed by atoms with Crippen LogP contribution in [0.3, 0.4) is 0 Å². The van der Waals surface area contributed by atoms with Gasteiger partial charge in [-0.05, 0) is 30.5 Å². The minimum absolute atomic E-state index is 0.359. The molecule has 0 spiro atoms. The van der Waals surface area contributed by atoms with Crippen LogP contribution in [0.2, 0.25) is 0 Å². The minimum atomic E-state index is -0.380. The monoisotopic (exact) mass is 291 g/mol. The van der Waals surface area contributed by atoms with E-state index in [1.165, 1.54) is 4.88 Å². The maximum absolute atomic E-state index is 12.0. The van der Waals surface area contributed by atoms with Gasteiger partial charge in [0.1, 0.15) is 5.75 Å². The molecular formula is C15H17NO3S. The van der Waals surface area contributed by atoms with Gasteiger partial charge >= 0.3 is 5.97 Å². The van der Waals surface area contributed by atoms with E-state index in [-0.39, 0.29) is 5.97 Å². The van der Waals surface area contributed by atoms with E-state index in [4.69, 9.17) is 15.2 Å². The first-order valence-electron chi connectivity index (χ1n) is 6.42. The van der Waals surface area contributed by atoms with Crippen molar-refractivity contribution in [3.8, 4) is 5.75 Å². The zero-order valence-electron chi connectivity index (χ0n) is 11.3. The van der Waals surface area contributed by atoms with Crippen molar-refractivity contribution in [3.05, 3.63) is 46.2 Å². The molecule has 20 heavy (non-hydrogen) atoms. The number of benzene rings is 1. The summed E-state index contributed by atoms with van der Waals surface area (Å²) in [6.45, 7) is 2.76. The summed E-state index contributed by atoms with van der Waals surface area (Å²) in [5, 5.41) is 2.00. The number of esters is 1. The van der Waals surface area contributed by atoms with Crippen molar-refractivity contribution in [3.63, 3.8) is 0 Å². The Hall–Kier alpha value is -2.01. The highest BCUT2D eigenvalue weighted by Crippen LogP contribution is 2.20. The molecule has 0 fully saturated rings. The normalized spacial score (nSPS) is 10.2. The number of hydrogen-bond donors (Lipinski definition) is 1. The Kier molecular flexibility index (Phi) is 5.01. The molecule has 4 nitrogen and oxygen atoms in total. The van der Waals surface area contributed by atoms with Crippen molar-refractivity contribution < 1.29 is 14.3 Å². The topological polar surface area (TPSA) is 61.5 Å². The smallest absolute Gasteiger partial charge is 0.338 e. The van der Waals surface area contributed by atoms with Crippen LogP contribution < -0.4 is 10.5 Å². The third-order valence-corrected chi connectivity index (χ3v) is 3.57. The fraction of sp³-hybridized carbons (Fsp3) is 0.267. The Morgan fingerprint density at radius 2 is 2.20 bits per heavy atom. The molecule has 1 aromatic carbocycles. The summed E-state index contributed by atoms with van der Waals surface area (Å²) in [7, 11) is 0. The number of anilines is 1. The van der Waals surface area contributed by atoms with Gasteiger partial charge in [0, 0.05) is 23.1 Å². The third kappa shape index (κ3) is 3.99. The third-order valence-electron chi connectivity index (χ3n) is 2.64. The lowest BCUT2D eigenvalue weighted by atomic mass is 10.2. The van der Waals surface area contributed by atoms with E-state index >= 15 is 0 Å². The van der Waals surface area contributed by atoms with Gasteiger partial charge in [0.15, 0.2) is 0 Å². The Morgan fingerprint density at radius 3 is 2.90 bits per heavy atom. The average molecular weight is 291 g/mol. The molecule has 0 atom stereocenters. The van der Waals surface area contributed by atoms with E-state index < -0.39 is 0 Å². The van der Waals surface area contributed by atoms with Gasteiger partial charge in [-0.15, -0.1) is 11.3 Å². The molecule has 0 amide bonds. The first-order chi connectivity index (χ1) is 9.69. The number of rotatable bonds is 6. The molecular weight excluding hydrogens is 274 g/mol. The molecule has 2 N–H and O–H groups in total. The highest BCUT2D eigenvalue weighted by molar-refractivity contribution is 7.09. The van der Waals surface area contributed by atoms with Gasteiger partial charge in [-0.25, -0.2) is 4.79 Å². The largest absolute Gasteiger partial charge is 0.494 e. The zero-order valence-corrected chi connectivity index (χ0v) is 12.1. The van der Waals surface area contributed by atoms with Gasteiger partial charge in [-0.2, -0.15) is 0 Å². The number of carbonyl (C=O) groups is 1. The van der Waals surface area contributed by atoms with E-state index in [0.29, 0.717) is 30.2 Å². The Balaban J connectivity index is 1.94. The Morgan fingerprint density at radius 1 is 1.35 bits per heavy atom. The molecule has 0 aliphatic carbocycles. The van der Waals surface area contributed by atoms with E-state index in [1.54, 1.807) is 29.5 Å². The van der Waals surface area contributed by atoms with Crippen LogP contribution >= 0.6 is 11.3 Å². The highest BCUT2D eigenvalue weighted by atomic mass is 32.1. The van der Waals surface area contributed by atoms with Gasteiger partial charge < -0.3 is 15.2 Å². The molecule has 5 heteroatoms. The number of nitrogen functional groups attached to an aromatic ring is 1. The van der Waals surface area contributed by atoms with Crippen molar-refractivity contribution in [2.24, 2.45) is 0 Å². The summed E-state index contributed by atoms with van der Waals surface area (Å²) in [5.74, 6) is 0.201. The molecule has 0 saturated carbocycles. The van der Waals surface area contributed by atoms with Crippen LogP contribution in [0.25, 0.3) is 0 Å². The van der Waals surface area contributed by atoms with E-state index in [0.717, 1.165) is 6.42 Å². The molecule has 106 valence electrons. The molecule has 1 heterocycles. The summed E-state index contributed by atoms with van der Waals surface area (Å²) < 4.78 is 10.6. The van der Waals surface area contributed by atoms with Crippen molar-refractivity contribution in [1.82, 2.24) is 0 Å². The fourth-order valence-electron chi connectivity index (χ4n) is 1.77. The quantitative estimate of drug-likeness (QED) is 0.656. The minimum Gasteiger partial charge on any atom is -0.494 e. The number of carbonyl (C=O) groups excluding carboxylic acids is 1. The second-order valence-electron chi connectivity index (χ2n) is 4.19. The first kappa shape index (κ1) is 14.4. The summed E-state index contributed by atoms with van der Waals surface area (Å²) in [6.07, 6.45) is 0.726. The molecule has 0 aliphatic heterocycles. The average Bonchev–Trinajstić information content (AvgIpc) is 2.91. The van der Waals surface area contributed by atoms with Crippen LogP contribution in [-0.2, 0) is 11.2 Å². The number of hydrogen-bond acceptors (Lipinski definition) is 5. The van der Waals surface area contributed by atoms with Crippen LogP contribution in [0.4, 0.5) is 5.69 Å². The lowest BCUT2D eigenvalue weighted by Crippen LogP contribution is -2.08. The predicted octanol–water partition coefficient (Wildman–Crippen LogP) is 3.13.